The molecule has 0 aromatic carbocycles. The van der Waals surface area contributed by atoms with Crippen molar-refractivity contribution in [2.75, 3.05) is 20.1 Å². The molecule has 6 nitrogen and oxygen atoms in total. The Labute approximate surface area is 93.4 Å². The minimum Gasteiger partial charge on any atom is -0.340 e. The second kappa shape index (κ2) is 3.55. The zero-order valence-electron chi connectivity index (χ0n) is 9.34. The molecule has 2 aliphatic rings. The van der Waals surface area contributed by atoms with E-state index in [2.05, 4.69) is 0 Å². The summed E-state index contributed by atoms with van der Waals surface area (Å²) in [5.74, 6) is -1.29. The van der Waals surface area contributed by atoms with Crippen LogP contribution in [0.25, 0.3) is 0 Å². The normalized spacial score (nSPS) is 30.9. The average Bonchev–Trinajstić information content (AvgIpc) is 2.75. The number of rotatable bonds is 1. The smallest absolute Gasteiger partial charge is 0.239 e. The van der Waals surface area contributed by atoms with Crippen LogP contribution in [0.15, 0.2) is 0 Å². The third kappa shape index (κ3) is 1.41. The first kappa shape index (κ1) is 11.1. The van der Waals surface area contributed by atoms with Crippen molar-refractivity contribution in [3.63, 3.8) is 0 Å². The lowest BCUT2D eigenvalue weighted by molar-refractivity contribution is -0.139. The van der Waals surface area contributed by atoms with E-state index in [0.29, 0.717) is 13.1 Å². The van der Waals surface area contributed by atoms with E-state index in [-0.39, 0.29) is 29.6 Å². The Bertz CT molecular complexity index is 342. The van der Waals surface area contributed by atoms with Gasteiger partial charge in [-0.3, -0.25) is 19.3 Å². The van der Waals surface area contributed by atoms with Gasteiger partial charge in [-0.2, -0.15) is 0 Å². The topological polar surface area (TPSA) is 83.7 Å². The fourth-order valence-electron chi connectivity index (χ4n) is 2.38. The highest BCUT2D eigenvalue weighted by Crippen LogP contribution is 2.32. The fourth-order valence-corrected chi connectivity index (χ4v) is 2.38. The lowest BCUT2D eigenvalue weighted by Gasteiger charge is -2.20. The zero-order chi connectivity index (χ0) is 12.0. The first-order valence-electron chi connectivity index (χ1n) is 5.29. The molecule has 2 rings (SSSR count). The number of hydrogen-bond acceptors (Lipinski definition) is 4. The Morgan fingerprint density at radius 2 is 1.75 bits per heavy atom. The molecule has 0 radical (unpaired) electrons. The maximum absolute atomic E-state index is 11.7. The van der Waals surface area contributed by atoms with Gasteiger partial charge in [-0.15, -0.1) is 0 Å². The predicted molar refractivity (Wildman–Crippen MR) is 55.0 cm³/mol. The van der Waals surface area contributed by atoms with Gasteiger partial charge in [0.15, 0.2) is 0 Å². The minimum absolute atomic E-state index is 0.185. The van der Waals surface area contributed by atoms with Crippen LogP contribution in [0, 0.1) is 11.8 Å². The van der Waals surface area contributed by atoms with Gasteiger partial charge < -0.3 is 10.6 Å². The van der Waals surface area contributed by atoms with Crippen molar-refractivity contribution in [3.8, 4) is 0 Å². The molecule has 0 aromatic rings. The highest BCUT2D eigenvalue weighted by molar-refractivity contribution is 6.06. The van der Waals surface area contributed by atoms with Crippen LogP contribution in [-0.4, -0.2) is 53.7 Å². The number of imide groups is 1. The Kier molecular flexibility index (Phi) is 2.46. The van der Waals surface area contributed by atoms with Crippen LogP contribution < -0.4 is 5.73 Å². The Hall–Kier alpha value is -1.43. The molecule has 2 fully saturated rings. The second-order valence-corrected chi connectivity index (χ2v) is 4.48. The number of likely N-dealkylation sites (tertiary alicyclic amines) is 2. The SMILES string of the molecule is C[C@H](N)C(=O)N1C[C@H]2C(=O)N(C)C(=O)[C@@H]2C1. The van der Waals surface area contributed by atoms with Gasteiger partial charge in [0.25, 0.3) is 0 Å². The molecule has 2 saturated heterocycles. The van der Waals surface area contributed by atoms with Crippen molar-refractivity contribution < 1.29 is 14.4 Å². The van der Waals surface area contributed by atoms with Crippen LogP contribution in [0.5, 0.6) is 0 Å². The van der Waals surface area contributed by atoms with E-state index in [1.807, 2.05) is 0 Å². The van der Waals surface area contributed by atoms with Crippen molar-refractivity contribution in [1.82, 2.24) is 9.80 Å². The molecule has 16 heavy (non-hydrogen) atoms. The van der Waals surface area contributed by atoms with Gasteiger partial charge in [0.05, 0.1) is 17.9 Å². The monoisotopic (exact) mass is 225 g/mol. The third-order valence-electron chi connectivity index (χ3n) is 3.32. The first-order chi connectivity index (χ1) is 7.43. The summed E-state index contributed by atoms with van der Waals surface area (Å²) in [4.78, 5) is 37.7. The number of nitrogens with zero attached hydrogens (tertiary/aromatic N) is 2. The van der Waals surface area contributed by atoms with Crippen LogP contribution in [0.3, 0.4) is 0 Å². The Morgan fingerprint density at radius 1 is 1.31 bits per heavy atom. The standard InChI is InChI=1S/C10H15N3O3/c1-5(11)8(14)13-3-6-7(4-13)10(16)12(2)9(6)15/h5-7H,3-4,11H2,1-2H3/t5-,6+,7+/m0/s1. The van der Waals surface area contributed by atoms with Gasteiger partial charge in [-0.05, 0) is 6.92 Å². The molecule has 6 heteroatoms. The summed E-state index contributed by atoms with van der Waals surface area (Å²) < 4.78 is 0. The molecule has 0 unspecified atom stereocenters. The summed E-state index contributed by atoms with van der Waals surface area (Å²) in [6, 6.07) is -0.582. The second-order valence-electron chi connectivity index (χ2n) is 4.48. The molecular weight excluding hydrogens is 210 g/mol. The molecule has 2 N–H and O–H groups in total. The lowest BCUT2D eigenvalue weighted by Crippen LogP contribution is -2.43. The highest BCUT2D eigenvalue weighted by Gasteiger charge is 2.52. The summed E-state index contributed by atoms with van der Waals surface area (Å²) in [5, 5.41) is 0. The maximum atomic E-state index is 11.7. The third-order valence-corrected chi connectivity index (χ3v) is 3.32. The molecule has 2 heterocycles. The summed E-state index contributed by atoms with van der Waals surface area (Å²) in [7, 11) is 1.49. The summed E-state index contributed by atoms with van der Waals surface area (Å²) in [6.45, 7) is 2.24. The van der Waals surface area contributed by atoms with Crippen molar-refractivity contribution in [2.45, 2.75) is 13.0 Å². The summed E-state index contributed by atoms with van der Waals surface area (Å²) in [6.07, 6.45) is 0. The van der Waals surface area contributed by atoms with E-state index in [9.17, 15) is 14.4 Å². The van der Waals surface area contributed by atoms with Crippen LogP contribution in [0.2, 0.25) is 0 Å². The molecule has 0 saturated carbocycles. The van der Waals surface area contributed by atoms with Crippen LogP contribution in [0.1, 0.15) is 6.92 Å². The fraction of sp³-hybridized carbons (Fsp3) is 0.700. The van der Waals surface area contributed by atoms with Crippen LogP contribution in [-0.2, 0) is 14.4 Å². The summed E-state index contributed by atoms with van der Waals surface area (Å²) in [5.41, 5.74) is 5.49. The number of hydrogen-bond donors (Lipinski definition) is 1. The maximum Gasteiger partial charge on any atom is 0.239 e. The number of carbonyl (C=O) groups excluding carboxylic acids is 3. The van der Waals surface area contributed by atoms with Crippen molar-refractivity contribution in [3.05, 3.63) is 0 Å². The summed E-state index contributed by atoms with van der Waals surface area (Å²) >= 11 is 0. The largest absolute Gasteiger partial charge is 0.340 e. The van der Waals surface area contributed by atoms with E-state index in [0.717, 1.165) is 4.90 Å². The minimum atomic E-state index is -0.582. The van der Waals surface area contributed by atoms with Gasteiger partial charge in [-0.25, -0.2) is 0 Å². The molecule has 88 valence electrons. The molecule has 2 aliphatic heterocycles. The number of carbonyl (C=O) groups is 3. The molecule has 3 atom stereocenters. The molecular formula is C10H15N3O3. The zero-order valence-corrected chi connectivity index (χ0v) is 9.34. The molecule has 3 amide bonds. The molecule has 0 spiro atoms. The van der Waals surface area contributed by atoms with E-state index in [4.69, 9.17) is 5.73 Å². The van der Waals surface area contributed by atoms with E-state index in [1.54, 1.807) is 6.92 Å². The van der Waals surface area contributed by atoms with Crippen molar-refractivity contribution in [1.29, 1.82) is 0 Å². The van der Waals surface area contributed by atoms with Gasteiger partial charge in [0.1, 0.15) is 0 Å². The van der Waals surface area contributed by atoms with Crippen molar-refractivity contribution in [2.24, 2.45) is 17.6 Å². The van der Waals surface area contributed by atoms with Gasteiger partial charge in [0.2, 0.25) is 17.7 Å². The molecule has 0 bridgehead atoms. The number of nitrogens with two attached hydrogens (primary N) is 1. The lowest BCUT2D eigenvalue weighted by atomic mass is 10.00. The highest BCUT2D eigenvalue weighted by atomic mass is 16.2. The Balaban J connectivity index is 2.13. The Morgan fingerprint density at radius 3 is 2.12 bits per heavy atom. The number of fused-ring (bicyclic) bond motifs is 1. The molecule has 0 aliphatic carbocycles. The molecule has 0 aromatic heterocycles. The van der Waals surface area contributed by atoms with Gasteiger partial charge in [0, 0.05) is 20.1 Å². The number of amides is 3. The predicted octanol–water partition coefficient (Wildman–Crippen LogP) is -1.59. The van der Waals surface area contributed by atoms with Crippen LogP contribution in [0.4, 0.5) is 0 Å². The van der Waals surface area contributed by atoms with E-state index >= 15 is 0 Å². The van der Waals surface area contributed by atoms with Gasteiger partial charge >= 0.3 is 0 Å². The van der Waals surface area contributed by atoms with Gasteiger partial charge in [-0.1, -0.05) is 0 Å². The van der Waals surface area contributed by atoms with E-state index < -0.39 is 6.04 Å². The first-order valence-corrected chi connectivity index (χ1v) is 5.29. The average molecular weight is 225 g/mol. The van der Waals surface area contributed by atoms with Crippen LogP contribution >= 0.6 is 0 Å². The quantitative estimate of drug-likeness (QED) is 0.545. The van der Waals surface area contributed by atoms with Crippen molar-refractivity contribution >= 4 is 17.7 Å². The van der Waals surface area contributed by atoms with E-state index in [1.165, 1.54) is 11.9 Å².